The average molecular weight is 682 g/mol. The molecule has 3 aliphatic heterocycles. The molecular weight excluding hydrogens is 646 g/mol. The average Bonchev–Trinajstić information content (AvgIpc) is 3.82. The number of aromatic nitrogens is 1. The number of sulfonamides is 1. The molecule has 13 heteroatoms. The molecule has 1 unspecified atom stereocenters. The second-order valence-corrected chi connectivity index (χ2v) is 13.7. The van der Waals surface area contributed by atoms with E-state index in [2.05, 4.69) is 20.9 Å². The molecule has 3 aromatic carbocycles. The van der Waals surface area contributed by atoms with Crippen LogP contribution < -0.4 is 28.2 Å². The molecule has 49 heavy (non-hydrogen) atoms. The maximum absolute atomic E-state index is 15.6. The van der Waals surface area contributed by atoms with Crippen molar-refractivity contribution in [2.45, 2.75) is 35.9 Å². The highest BCUT2D eigenvalue weighted by atomic mass is 32.2. The number of carbonyl (C=O) groups is 1. The van der Waals surface area contributed by atoms with Crippen LogP contribution in [0, 0.1) is 11.3 Å². The number of likely N-dealkylation sites (tertiary alicyclic amines) is 1. The number of nitrogens with zero attached hydrogens (tertiary/aromatic N) is 5. The van der Waals surface area contributed by atoms with Crippen molar-refractivity contribution in [3.05, 3.63) is 95.8 Å². The molecule has 7 rings (SSSR count). The van der Waals surface area contributed by atoms with Gasteiger partial charge in [0.05, 0.1) is 45.3 Å². The van der Waals surface area contributed by atoms with Crippen LogP contribution in [0.25, 0.3) is 0 Å². The molecule has 0 aliphatic carbocycles. The third-order valence-electron chi connectivity index (χ3n) is 9.66. The Labute approximate surface area is 285 Å². The Hall–Kier alpha value is -5.32. The van der Waals surface area contributed by atoms with Gasteiger partial charge in [-0.15, -0.1) is 0 Å². The molecule has 1 amide bonds. The monoisotopic (exact) mass is 681 g/mol. The number of ether oxygens (including phenoxy) is 4. The third kappa shape index (κ3) is 4.85. The fraction of sp³-hybridized carbons (Fsp3) is 0.306. The molecule has 2 saturated heterocycles. The van der Waals surface area contributed by atoms with Crippen LogP contribution in [0.5, 0.6) is 23.0 Å². The van der Waals surface area contributed by atoms with Gasteiger partial charge in [-0.25, -0.2) is 12.7 Å². The van der Waals surface area contributed by atoms with E-state index in [0.29, 0.717) is 48.1 Å². The van der Waals surface area contributed by atoms with Crippen molar-refractivity contribution in [1.29, 1.82) is 5.26 Å². The van der Waals surface area contributed by atoms with Gasteiger partial charge < -0.3 is 23.8 Å². The summed E-state index contributed by atoms with van der Waals surface area (Å²) in [7, 11) is -0.247. The summed E-state index contributed by atoms with van der Waals surface area (Å²) in [5, 5.41) is 10.1. The zero-order valence-electron chi connectivity index (χ0n) is 27.5. The SMILES string of the molecule is CCOc1ccc(OC)cc1C1(N2C[C@@H]3C[C@H]2CN3c2ccncc2)C(=O)N(S(=O)(=O)c2ccc(OC)cc2OC)c2ccc(C#N)cc21. The second kappa shape index (κ2) is 12.3. The number of pyridine rings is 1. The molecule has 0 N–H and O–H groups in total. The number of methoxy groups -OCH3 is 3. The van der Waals surface area contributed by atoms with Gasteiger partial charge in [-0.05, 0) is 74.0 Å². The number of hydrogen-bond donors (Lipinski definition) is 0. The lowest BCUT2D eigenvalue weighted by Gasteiger charge is -2.45. The van der Waals surface area contributed by atoms with Crippen LogP contribution in [0.1, 0.15) is 30.0 Å². The fourth-order valence-corrected chi connectivity index (χ4v) is 9.19. The number of benzene rings is 3. The molecule has 0 saturated carbocycles. The fourth-order valence-electron chi connectivity index (χ4n) is 7.59. The van der Waals surface area contributed by atoms with Crippen molar-refractivity contribution in [2.24, 2.45) is 0 Å². The van der Waals surface area contributed by atoms with Crippen LogP contribution in [0.4, 0.5) is 11.4 Å². The van der Waals surface area contributed by atoms with E-state index in [0.717, 1.165) is 16.4 Å². The highest BCUT2D eigenvalue weighted by molar-refractivity contribution is 7.93. The lowest BCUT2D eigenvalue weighted by atomic mass is 9.80. The van der Waals surface area contributed by atoms with Gasteiger partial charge in [0.15, 0.2) is 5.54 Å². The molecule has 2 fully saturated rings. The number of fused-ring (bicyclic) bond motifs is 3. The van der Waals surface area contributed by atoms with Gasteiger partial charge >= 0.3 is 0 Å². The maximum atomic E-state index is 15.6. The van der Waals surface area contributed by atoms with E-state index in [1.54, 1.807) is 36.7 Å². The van der Waals surface area contributed by atoms with Crippen molar-refractivity contribution in [1.82, 2.24) is 9.88 Å². The first-order valence-corrected chi connectivity index (χ1v) is 17.3. The molecule has 3 atom stereocenters. The van der Waals surface area contributed by atoms with Crippen LogP contribution in [-0.4, -0.2) is 77.3 Å². The van der Waals surface area contributed by atoms with Crippen LogP contribution in [0.15, 0.2) is 84.0 Å². The molecule has 1 aromatic heterocycles. The van der Waals surface area contributed by atoms with Crippen molar-refractivity contribution in [3.8, 4) is 29.1 Å². The maximum Gasteiger partial charge on any atom is 0.274 e. The molecule has 12 nitrogen and oxygen atoms in total. The van der Waals surface area contributed by atoms with E-state index in [4.69, 9.17) is 18.9 Å². The molecule has 2 bridgehead atoms. The quantitative estimate of drug-likeness (QED) is 0.237. The van der Waals surface area contributed by atoms with Crippen LogP contribution in [0.3, 0.4) is 0 Å². The topological polar surface area (TPSA) is 135 Å². The van der Waals surface area contributed by atoms with Crippen LogP contribution in [0.2, 0.25) is 0 Å². The highest BCUT2D eigenvalue weighted by Gasteiger charge is 2.65. The van der Waals surface area contributed by atoms with Crippen LogP contribution in [-0.2, 0) is 20.4 Å². The lowest BCUT2D eigenvalue weighted by Crippen LogP contribution is -2.60. The smallest absolute Gasteiger partial charge is 0.274 e. The predicted octanol–water partition coefficient (Wildman–Crippen LogP) is 4.32. The molecule has 0 radical (unpaired) electrons. The number of rotatable bonds is 10. The van der Waals surface area contributed by atoms with Gasteiger partial charge in [-0.1, -0.05) is 0 Å². The summed E-state index contributed by atoms with van der Waals surface area (Å²) in [4.78, 5) is 24.0. The summed E-state index contributed by atoms with van der Waals surface area (Å²) in [6.07, 6.45) is 4.24. The van der Waals surface area contributed by atoms with Crippen molar-refractivity contribution >= 4 is 27.3 Å². The van der Waals surface area contributed by atoms with E-state index in [-0.39, 0.29) is 34.0 Å². The van der Waals surface area contributed by atoms with Crippen molar-refractivity contribution < 1.29 is 32.2 Å². The normalized spacial score (nSPS) is 21.4. The Morgan fingerprint density at radius 2 is 1.61 bits per heavy atom. The molecule has 4 heterocycles. The first-order valence-electron chi connectivity index (χ1n) is 15.8. The van der Waals surface area contributed by atoms with E-state index < -0.39 is 21.5 Å². The number of hydrogen-bond acceptors (Lipinski definition) is 11. The number of piperazine rings is 1. The van der Waals surface area contributed by atoms with E-state index in [1.807, 2.05) is 19.1 Å². The first-order chi connectivity index (χ1) is 23.7. The first kappa shape index (κ1) is 32.2. The van der Waals surface area contributed by atoms with Gasteiger partial charge in [0.1, 0.15) is 27.9 Å². The Balaban J connectivity index is 1.49. The Morgan fingerprint density at radius 1 is 0.878 bits per heavy atom. The third-order valence-corrected chi connectivity index (χ3v) is 11.4. The number of nitriles is 1. The predicted molar refractivity (Wildman–Crippen MR) is 181 cm³/mol. The summed E-state index contributed by atoms with van der Waals surface area (Å²) in [5.41, 5.74) is 0.523. The second-order valence-electron chi connectivity index (χ2n) is 12.0. The Kier molecular flexibility index (Phi) is 8.08. The summed E-state index contributed by atoms with van der Waals surface area (Å²) >= 11 is 0. The van der Waals surface area contributed by atoms with Gasteiger partial charge in [0, 0.05) is 60.4 Å². The number of amides is 1. The van der Waals surface area contributed by atoms with Crippen molar-refractivity contribution in [3.63, 3.8) is 0 Å². The van der Waals surface area contributed by atoms with Gasteiger partial charge in [0.25, 0.3) is 15.9 Å². The minimum atomic E-state index is -4.60. The van der Waals surface area contributed by atoms with Crippen molar-refractivity contribution in [2.75, 3.05) is 50.2 Å². The Bertz CT molecular complexity index is 2090. The molecule has 3 aliphatic rings. The van der Waals surface area contributed by atoms with Gasteiger partial charge in [-0.2, -0.15) is 5.26 Å². The minimum Gasteiger partial charge on any atom is -0.497 e. The molecule has 252 valence electrons. The largest absolute Gasteiger partial charge is 0.497 e. The van der Waals surface area contributed by atoms with E-state index in [1.165, 1.54) is 51.7 Å². The summed E-state index contributed by atoms with van der Waals surface area (Å²) in [6.45, 7) is 3.15. The number of carbonyl (C=O) groups excluding carboxylic acids is 1. The standard InChI is InChI=1S/C36H35N5O7S/c1-5-48-32-10-7-27(45-2)18-30(32)36(40-22-25-17-26(40)21-39(25)24-12-14-38-15-13-24)29-16-23(20-37)6-9-31(29)41(35(36)42)49(43,44)34-11-8-28(46-3)19-33(34)47-4/h6-16,18-19,25-26H,5,17,21-22H2,1-4H3/t25-,26-,36?/m0/s1. The lowest BCUT2D eigenvalue weighted by molar-refractivity contribution is -0.127. The summed E-state index contributed by atoms with van der Waals surface area (Å²) in [6, 6.07) is 20.2. The molecular formula is C36H35N5O7S. The zero-order valence-corrected chi connectivity index (χ0v) is 28.3. The number of anilines is 2. The minimum absolute atomic E-state index is 0.0180. The van der Waals surface area contributed by atoms with E-state index >= 15 is 4.79 Å². The molecule has 4 aromatic rings. The summed E-state index contributed by atoms with van der Waals surface area (Å²) < 4.78 is 53.2. The van der Waals surface area contributed by atoms with Gasteiger partial charge in [-0.3, -0.25) is 14.7 Å². The van der Waals surface area contributed by atoms with E-state index in [9.17, 15) is 13.7 Å². The molecule has 0 spiro atoms. The highest BCUT2D eigenvalue weighted by Crippen LogP contribution is 2.56. The zero-order chi connectivity index (χ0) is 34.5. The summed E-state index contributed by atoms with van der Waals surface area (Å²) in [5.74, 6) is 0.559. The van der Waals surface area contributed by atoms with Gasteiger partial charge in [0.2, 0.25) is 0 Å². The Morgan fingerprint density at radius 3 is 2.27 bits per heavy atom. The van der Waals surface area contributed by atoms with Crippen LogP contribution >= 0.6 is 0 Å².